The van der Waals surface area contributed by atoms with Crippen LogP contribution >= 0.6 is 0 Å². The van der Waals surface area contributed by atoms with E-state index >= 15 is 0 Å². The van der Waals surface area contributed by atoms with Crippen LogP contribution in [-0.2, 0) is 0 Å². The maximum atomic E-state index is 5.89. The lowest BCUT2D eigenvalue weighted by atomic mass is 10.1. The second kappa shape index (κ2) is 4.25. The Bertz CT molecular complexity index is 354. The van der Waals surface area contributed by atoms with E-state index in [0.717, 1.165) is 11.6 Å². The van der Waals surface area contributed by atoms with Gasteiger partial charge in [-0.25, -0.2) is 9.97 Å². The zero-order valence-corrected chi connectivity index (χ0v) is 9.83. The van der Waals surface area contributed by atoms with E-state index in [0.29, 0.717) is 12.6 Å². The maximum Gasteiger partial charge on any atom is 0.131 e. The van der Waals surface area contributed by atoms with Gasteiger partial charge in [0.25, 0.3) is 0 Å². The molecule has 2 rings (SSSR count). The number of anilines is 2. The smallest absolute Gasteiger partial charge is 0.131 e. The van der Waals surface area contributed by atoms with Crippen LogP contribution in [0.15, 0.2) is 12.4 Å². The fraction of sp³-hybridized carbons (Fsp3) is 0.636. The van der Waals surface area contributed by atoms with E-state index in [4.69, 9.17) is 5.73 Å². The van der Waals surface area contributed by atoms with Crippen molar-refractivity contribution in [2.45, 2.75) is 38.3 Å². The van der Waals surface area contributed by atoms with Crippen LogP contribution in [0.4, 0.5) is 11.6 Å². The third kappa shape index (κ3) is 3.66. The summed E-state index contributed by atoms with van der Waals surface area (Å²) < 4.78 is 0. The van der Waals surface area contributed by atoms with Crippen molar-refractivity contribution in [3.05, 3.63) is 12.4 Å². The van der Waals surface area contributed by atoms with Gasteiger partial charge in [-0.2, -0.15) is 0 Å². The van der Waals surface area contributed by atoms with E-state index in [2.05, 4.69) is 20.6 Å². The van der Waals surface area contributed by atoms with Crippen molar-refractivity contribution in [2.24, 2.45) is 5.73 Å². The predicted octanol–water partition coefficient (Wildman–Crippen LogP) is 1.20. The van der Waals surface area contributed by atoms with Gasteiger partial charge in [0.05, 0.1) is 0 Å². The molecule has 0 unspecified atom stereocenters. The van der Waals surface area contributed by atoms with Crippen LogP contribution in [-0.4, -0.2) is 28.1 Å². The number of nitrogens with one attached hydrogen (secondary N) is 2. The van der Waals surface area contributed by atoms with Gasteiger partial charge in [0.1, 0.15) is 18.0 Å². The molecule has 5 nitrogen and oxygen atoms in total. The molecular weight excluding hydrogens is 202 g/mol. The van der Waals surface area contributed by atoms with Crippen LogP contribution in [0.2, 0.25) is 0 Å². The van der Waals surface area contributed by atoms with Gasteiger partial charge in [0.2, 0.25) is 0 Å². The molecule has 0 atom stereocenters. The first-order chi connectivity index (χ1) is 7.53. The molecular formula is C11H19N5. The first kappa shape index (κ1) is 11.1. The predicted molar refractivity (Wildman–Crippen MR) is 65.4 cm³/mol. The Morgan fingerprint density at radius 3 is 2.69 bits per heavy atom. The molecule has 0 aliphatic heterocycles. The standard InChI is InChI=1S/C11H19N5/c1-11(2,12)6-13-9-5-10(15-7-14-9)16-8-3-4-8/h5,7-8H,3-4,6,12H2,1-2H3,(H2,13,14,15,16). The van der Waals surface area contributed by atoms with Gasteiger partial charge in [-0.05, 0) is 26.7 Å². The number of rotatable bonds is 5. The van der Waals surface area contributed by atoms with Crippen molar-refractivity contribution in [2.75, 3.05) is 17.2 Å². The van der Waals surface area contributed by atoms with E-state index in [9.17, 15) is 0 Å². The Labute approximate surface area is 95.9 Å². The first-order valence-electron chi connectivity index (χ1n) is 5.64. The highest BCUT2D eigenvalue weighted by Gasteiger charge is 2.21. The Morgan fingerprint density at radius 1 is 1.38 bits per heavy atom. The summed E-state index contributed by atoms with van der Waals surface area (Å²) in [6.07, 6.45) is 4.04. The summed E-state index contributed by atoms with van der Waals surface area (Å²) in [5.41, 5.74) is 5.65. The molecule has 1 aliphatic rings. The Hall–Kier alpha value is -1.36. The molecule has 16 heavy (non-hydrogen) atoms. The van der Waals surface area contributed by atoms with E-state index in [1.165, 1.54) is 12.8 Å². The van der Waals surface area contributed by atoms with Crippen LogP contribution in [0.1, 0.15) is 26.7 Å². The SMILES string of the molecule is CC(C)(N)CNc1cc(NC2CC2)ncn1. The molecule has 1 aromatic rings. The molecule has 1 aromatic heterocycles. The van der Waals surface area contributed by atoms with Crippen LogP contribution in [0.5, 0.6) is 0 Å². The van der Waals surface area contributed by atoms with Gasteiger partial charge in [-0.1, -0.05) is 0 Å². The van der Waals surface area contributed by atoms with Gasteiger partial charge in [-0.15, -0.1) is 0 Å². The van der Waals surface area contributed by atoms with Gasteiger partial charge in [-0.3, -0.25) is 0 Å². The lowest BCUT2D eigenvalue weighted by Crippen LogP contribution is -2.39. The minimum Gasteiger partial charge on any atom is -0.368 e. The summed E-state index contributed by atoms with van der Waals surface area (Å²) >= 11 is 0. The number of hydrogen-bond donors (Lipinski definition) is 3. The molecule has 0 amide bonds. The monoisotopic (exact) mass is 221 g/mol. The van der Waals surface area contributed by atoms with Crippen molar-refractivity contribution < 1.29 is 0 Å². The zero-order chi connectivity index (χ0) is 11.6. The average Bonchev–Trinajstić information content (AvgIpc) is 2.98. The molecule has 1 saturated carbocycles. The van der Waals surface area contributed by atoms with Crippen molar-refractivity contribution in [3.63, 3.8) is 0 Å². The largest absolute Gasteiger partial charge is 0.368 e. The van der Waals surface area contributed by atoms with Crippen molar-refractivity contribution in [3.8, 4) is 0 Å². The topological polar surface area (TPSA) is 75.9 Å². The van der Waals surface area contributed by atoms with E-state index < -0.39 is 0 Å². The minimum absolute atomic E-state index is 0.241. The van der Waals surface area contributed by atoms with Gasteiger partial charge >= 0.3 is 0 Å². The van der Waals surface area contributed by atoms with Crippen molar-refractivity contribution >= 4 is 11.6 Å². The molecule has 1 fully saturated rings. The number of nitrogens with two attached hydrogens (primary N) is 1. The first-order valence-corrected chi connectivity index (χ1v) is 5.64. The summed E-state index contributed by atoms with van der Waals surface area (Å²) in [4.78, 5) is 8.32. The Morgan fingerprint density at radius 2 is 2.06 bits per heavy atom. The van der Waals surface area contributed by atoms with Crippen LogP contribution < -0.4 is 16.4 Å². The molecule has 4 N–H and O–H groups in total. The van der Waals surface area contributed by atoms with Crippen molar-refractivity contribution in [1.29, 1.82) is 0 Å². The molecule has 0 bridgehead atoms. The Kier molecular flexibility index (Phi) is 2.96. The molecule has 88 valence electrons. The summed E-state index contributed by atoms with van der Waals surface area (Å²) in [6.45, 7) is 4.64. The third-order valence-electron chi connectivity index (χ3n) is 2.32. The summed E-state index contributed by atoms with van der Waals surface area (Å²) in [5.74, 6) is 1.70. The molecule has 1 heterocycles. The lowest BCUT2D eigenvalue weighted by Gasteiger charge is -2.19. The highest BCUT2D eigenvalue weighted by atomic mass is 15.1. The van der Waals surface area contributed by atoms with Gasteiger partial charge < -0.3 is 16.4 Å². The number of nitrogens with zero attached hydrogens (tertiary/aromatic N) is 2. The van der Waals surface area contributed by atoms with E-state index in [-0.39, 0.29) is 5.54 Å². The molecule has 1 aliphatic carbocycles. The normalized spacial score (nSPS) is 15.9. The zero-order valence-electron chi connectivity index (χ0n) is 9.83. The Balaban J connectivity index is 1.92. The summed E-state index contributed by atoms with van der Waals surface area (Å²) in [6, 6.07) is 2.53. The summed E-state index contributed by atoms with van der Waals surface area (Å²) in [5, 5.41) is 6.53. The fourth-order valence-electron chi connectivity index (χ4n) is 1.29. The molecule has 0 aromatic carbocycles. The molecule has 5 heteroatoms. The second-order valence-electron chi connectivity index (χ2n) is 5.05. The average molecular weight is 221 g/mol. The minimum atomic E-state index is -0.241. The van der Waals surface area contributed by atoms with Crippen LogP contribution in [0, 0.1) is 0 Å². The second-order valence-corrected chi connectivity index (χ2v) is 5.05. The fourth-order valence-corrected chi connectivity index (χ4v) is 1.29. The molecule has 0 saturated heterocycles. The molecule has 0 spiro atoms. The van der Waals surface area contributed by atoms with Gasteiger partial charge in [0.15, 0.2) is 0 Å². The molecule has 0 radical (unpaired) electrons. The van der Waals surface area contributed by atoms with E-state index in [1.807, 2.05) is 19.9 Å². The van der Waals surface area contributed by atoms with E-state index in [1.54, 1.807) is 6.33 Å². The quantitative estimate of drug-likeness (QED) is 0.696. The lowest BCUT2D eigenvalue weighted by molar-refractivity contribution is 0.548. The highest BCUT2D eigenvalue weighted by molar-refractivity contribution is 5.47. The van der Waals surface area contributed by atoms with Crippen LogP contribution in [0.25, 0.3) is 0 Å². The maximum absolute atomic E-state index is 5.89. The highest BCUT2D eigenvalue weighted by Crippen LogP contribution is 2.24. The van der Waals surface area contributed by atoms with Gasteiger partial charge in [0, 0.05) is 24.2 Å². The summed E-state index contributed by atoms with van der Waals surface area (Å²) in [7, 11) is 0. The number of hydrogen-bond acceptors (Lipinski definition) is 5. The van der Waals surface area contributed by atoms with Crippen molar-refractivity contribution in [1.82, 2.24) is 9.97 Å². The van der Waals surface area contributed by atoms with Crippen LogP contribution in [0.3, 0.4) is 0 Å². The third-order valence-corrected chi connectivity index (χ3v) is 2.32. The number of aromatic nitrogens is 2.